The van der Waals surface area contributed by atoms with Gasteiger partial charge in [0.15, 0.2) is 0 Å². The van der Waals surface area contributed by atoms with E-state index in [2.05, 4.69) is 12.2 Å². The van der Waals surface area contributed by atoms with Crippen LogP contribution in [0.4, 0.5) is 11.4 Å². The minimum Gasteiger partial charge on any atom is -0.497 e. The van der Waals surface area contributed by atoms with Crippen molar-refractivity contribution in [3.63, 3.8) is 0 Å². The lowest BCUT2D eigenvalue weighted by atomic mass is 10.0. The number of ether oxygens (including phenoxy) is 1. The Kier molecular flexibility index (Phi) is 3.41. The molecule has 0 unspecified atom stereocenters. The Bertz CT molecular complexity index is 456. The van der Waals surface area contributed by atoms with E-state index in [1.807, 2.05) is 0 Å². The molecule has 1 N–H and O–H groups in total. The molecule has 1 saturated carbocycles. The summed E-state index contributed by atoms with van der Waals surface area (Å²) < 4.78 is 5.10. The van der Waals surface area contributed by atoms with Crippen LogP contribution >= 0.6 is 0 Å². The first-order chi connectivity index (χ1) is 8.60. The van der Waals surface area contributed by atoms with Crippen LogP contribution in [0.2, 0.25) is 0 Å². The van der Waals surface area contributed by atoms with Crippen molar-refractivity contribution in [2.24, 2.45) is 5.41 Å². The fourth-order valence-corrected chi connectivity index (χ4v) is 2.06. The second-order valence-electron chi connectivity index (χ2n) is 4.85. The maximum atomic E-state index is 11.0. The number of benzene rings is 1. The molecule has 5 nitrogen and oxygen atoms in total. The van der Waals surface area contributed by atoms with E-state index in [0.717, 1.165) is 13.0 Å². The molecule has 0 aromatic heterocycles. The zero-order chi connectivity index (χ0) is 13.2. The summed E-state index contributed by atoms with van der Waals surface area (Å²) >= 11 is 0. The first kappa shape index (κ1) is 12.7. The highest BCUT2D eigenvalue weighted by molar-refractivity contribution is 5.64. The standard InChI is InChI=1S/C13H18N2O3/c1-3-13(6-7-13)9-14-11-8-10(18-2)4-5-12(11)15(16)17/h4-5,8,14H,3,6-7,9H2,1-2H3. The van der Waals surface area contributed by atoms with Gasteiger partial charge in [-0.1, -0.05) is 6.92 Å². The van der Waals surface area contributed by atoms with Gasteiger partial charge >= 0.3 is 0 Å². The average Bonchev–Trinajstić information content (AvgIpc) is 3.16. The van der Waals surface area contributed by atoms with Gasteiger partial charge in [-0.15, -0.1) is 0 Å². The average molecular weight is 250 g/mol. The highest BCUT2D eigenvalue weighted by Gasteiger charge is 2.40. The van der Waals surface area contributed by atoms with Crippen molar-refractivity contribution in [2.45, 2.75) is 26.2 Å². The van der Waals surface area contributed by atoms with Gasteiger partial charge in [0.25, 0.3) is 5.69 Å². The van der Waals surface area contributed by atoms with E-state index in [1.54, 1.807) is 19.2 Å². The number of nitrogens with zero attached hydrogens (tertiary/aromatic N) is 1. The summed E-state index contributed by atoms with van der Waals surface area (Å²) in [6, 6.07) is 4.77. The molecule has 0 amide bonds. The smallest absolute Gasteiger partial charge is 0.292 e. The number of hydrogen-bond donors (Lipinski definition) is 1. The number of anilines is 1. The molecule has 0 bridgehead atoms. The predicted molar refractivity (Wildman–Crippen MR) is 70.1 cm³/mol. The Hall–Kier alpha value is -1.78. The molecule has 1 aromatic rings. The number of nitrogens with one attached hydrogen (secondary N) is 1. The van der Waals surface area contributed by atoms with Crippen LogP contribution in [-0.4, -0.2) is 18.6 Å². The molecule has 1 fully saturated rings. The number of nitro benzene ring substituents is 1. The third kappa shape index (κ3) is 2.55. The lowest BCUT2D eigenvalue weighted by Crippen LogP contribution is -2.15. The highest BCUT2D eigenvalue weighted by atomic mass is 16.6. The van der Waals surface area contributed by atoms with Crippen molar-refractivity contribution in [1.82, 2.24) is 0 Å². The van der Waals surface area contributed by atoms with E-state index < -0.39 is 0 Å². The molecular weight excluding hydrogens is 232 g/mol. The predicted octanol–water partition coefficient (Wildman–Crippen LogP) is 3.21. The zero-order valence-electron chi connectivity index (χ0n) is 10.7. The van der Waals surface area contributed by atoms with E-state index >= 15 is 0 Å². The summed E-state index contributed by atoms with van der Waals surface area (Å²) in [6.07, 6.45) is 3.51. The summed E-state index contributed by atoms with van der Waals surface area (Å²) in [4.78, 5) is 10.6. The van der Waals surface area contributed by atoms with Crippen LogP contribution in [-0.2, 0) is 0 Å². The van der Waals surface area contributed by atoms with Crippen LogP contribution in [0.15, 0.2) is 18.2 Å². The summed E-state index contributed by atoms with van der Waals surface area (Å²) in [6.45, 7) is 2.95. The summed E-state index contributed by atoms with van der Waals surface area (Å²) in [5.74, 6) is 0.629. The summed E-state index contributed by atoms with van der Waals surface area (Å²) in [7, 11) is 1.55. The van der Waals surface area contributed by atoms with Crippen molar-refractivity contribution in [1.29, 1.82) is 0 Å². The van der Waals surface area contributed by atoms with Crippen LogP contribution in [0.5, 0.6) is 5.75 Å². The minimum absolute atomic E-state index is 0.0997. The van der Waals surface area contributed by atoms with Gasteiger partial charge in [-0.25, -0.2) is 0 Å². The largest absolute Gasteiger partial charge is 0.497 e. The van der Waals surface area contributed by atoms with Crippen molar-refractivity contribution in [2.75, 3.05) is 19.0 Å². The van der Waals surface area contributed by atoms with Crippen LogP contribution in [0, 0.1) is 15.5 Å². The normalized spacial score (nSPS) is 16.1. The van der Waals surface area contributed by atoms with Crippen molar-refractivity contribution in [3.8, 4) is 5.75 Å². The molecule has 0 heterocycles. The van der Waals surface area contributed by atoms with E-state index in [4.69, 9.17) is 4.74 Å². The van der Waals surface area contributed by atoms with Gasteiger partial charge < -0.3 is 10.1 Å². The van der Waals surface area contributed by atoms with E-state index in [9.17, 15) is 10.1 Å². The number of methoxy groups -OCH3 is 1. The first-order valence-corrected chi connectivity index (χ1v) is 6.16. The summed E-state index contributed by atoms with van der Waals surface area (Å²) in [5.41, 5.74) is 0.985. The van der Waals surface area contributed by atoms with Crippen LogP contribution in [0.3, 0.4) is 0 Å². The molecular formula is C13H18N2O3. The van der Waals surface area contributed by atoms with Gasteiger partial charge in [0.1, 0.15) is 11.4 Å². The van der Waals surface area contributed by atoms with Crippen molar-refractivity contribution >= 4 is 11.4 Å². The maximum absolute atomic E-state index is 11.0. The molecule has 0 radical (unpaired) electrons. The monoisotopic (exact) mass is 250 g/mol. The Morgan fingerprint density at radius 3 is 2.72 bits per heavy atom. The SMILES string of the molecule is CCC1(CNc2cc(OC)ccc2[N+](=O)[O-])CC1. The van der Waals surface area contributed by atoms with Gasteiger partial charge in [0.2, 0.25) is 0 Å². The molecule has 0 atom stereocenters. The molecule has 18 heavy (non-hydrogen) atoms. The van der Waals surface area contributed by atoms with Crippen LogP contribution in [0.25, 0.3) is 0 Å². The van der Waals surface area contributed by atoms with Gasteiger partial charge in [0, 0.05) is 18.7 Å². The minimum atomic E-state index is -0.368. The fourth-order valence-electron chi connectivity index (χ4n) is 2.06. The highest BCUT2D eigenvalue weighted by Crippen LogP contribution is 2.48. The van der Waals surface area contributed by atoms with Gasteiger partial charge in [-0.3, -0.25) is 10.1 Å². The third-order valence-corrected chi connectivity index (χ3v) is 3.76. The Morgan fingerprint density at radius 1 is 1.50 bits per heavy atom. The second kappa shape index (κ2) is 4.84. The molecule has 1 aromatic carbocycles. The van der Waals surface area contributed by atoms with Gasteiger partial charge in [-0.05, 0) is 30.7 Å². The maximum Gasteiger partial charge on any atom is 0.292 e. The Morgan fingerprint density at radius 2 is 2.22 bits per heavy atom. The number of rotatable bonds is 6. The summed E-state index contributed by atoms with van der Waals surface area (Å²) in [5, 5.41) is 14.2. The van der Waals surface area contributed by atoms with E-state index in [0.29, 0.717) is 16.9 Å². The third-order valence-electron chi connectivity index (χ3n) is 3.76. The number of hydrogen-bond acceptors (Lipinski definition) is 4. The molecule has 2 rings (SSSR count). The van der Waals surface area contributed by atoms with Gasteiger partial charge in [0.05, 0.1) is 12.0 Å². The second-order valence-corrected chi connectivity index (χ2v) is 4.85. The Balaban J connectivity index is 2.16. The molecule has 1 aliphatic rings. The first-order valence-electron chi connectivity index (χ1n) is 6.16. The fraction of sp³-hybridized carbons (Fsp3) is 0.538. The van der Waals surface area contributed by atoms with Crippen LogP contribution < -0.4 is 10.1 Å². The molecule has 1 aliphatic carbocycles. The topological polar surface area (TPSA) is 64.4 Å². The molecule has 0 saturated heterocycles. The molecule has 0 aliphatic heterocycles. The van der Waals surface area contributed by atoms with Crippen molar-refractivity contribution < 1.29 is 9.66 Å². The quantitative estimate of drug-likeness (QED) is 0.622. The Labute approximate surface area is 106 Å². The van der Waals surface area contributed by atoms with Crippen molar-refractivity contribution in [3.05, 3.63) is 28.3 Å². The van der Waals surface area contributed by atoms with E-state index in [-0.39, 0.29) is 10.6 Å². The molecule has 98 valence electrons. The number of nitro groups is 1. The van der Waals surface area contributed by atoms with Crippen LogP contribution in [0.1, 0.15) is 26.2 Å². The van der Waals surface area contributed by atoms with Gasteiger partial charge in [-0.2, -0.15) is 0 Å². The molecule has 0 spiro atoms. The lowest BCUT2D eigenvalue weighted by molar-refractivity contribution is -0.384. The zero-order valence-corrected chi connectivity index (χ0v) is 10.7. The van der Waals surface area contributed by atoms with E-state index in [1.165, 1.54) is 18.9 Å². The molecule has 5 heteroatoms. The lowest BCUT2D eigenvalue weighted by Gasteiger charge is -2.15.